The first-order valence-corrected chi connectivity index (χ1v) is 9.33. The maximum absolute atomic E-state index is 12.5. The fraction of sp³-hybridized carbons (Fsp3) is 0.125. The molecule has 3 rings (SSSR count). The van der Waals surface area contributed by atoms with E-state index in [-0.39, 0.29) is 16.0 Å². The lowest BCUT2D eigenvalue weighted by molar-refractivity contribution is 0.0879. The molecule has 0 aromatic heterocycles. The van der Waals surface area contributed by atoms with Crippen molar-refractivity contribution < 1.29 is 18.0 Å². The number of nitrogens with one attached hydrogen (secondary N) is 2. The highest BCUT2D eigenvalue weighted by molar-refractivity contribution is 9.10. The Hall–Kier alpha value is -2.03. The van der Waals surface area contributed by atoms with Gasteiger partial charge in [0.05, 0.1) is 16.0 Å². The molecule has 6 nitrogen and oxygen atoms in total. The van der Waals surface area contributed by atoms with Crippen LogP contribution < -0.4 is 10.0 Å². The van der Waals surface area contributed by atoms with Gasteiger partial charge in [0, 0.05) is 10.5 Å². The predicted molar refractivity (Wildman–Crippen MR) is 91.1 cm³/mol. The summed E-state index contributed by atoms with van der Waals surface area (Å²) in [5, 5.41) is 2.14. The van der Waals surface area contributed by atoms with Crippen LogP contribution in [0, 0.1) is 0 Å². The van der Waals surface area contributed by atoms with Gasteiger partial charge in [0.2, 0.25) is 10.0 Å². The molecular weight excluding hydrogens is 396 g/mol. The number of halogens is 1. The zero-order valence-electron chi connectivity index (χ0n) is 12.5. The van der Waals surface area contributed by atoms with Gasteiger partial charge in [-0.25, -0.2) is 13.1 Å². The third kappa shape index (κ3) is 3.12. The molecule has 0 saturated carbocycles. The normalized spacial score (nSPS) is 15.1. The summed E-state index contributed by atoms with van der Waals surface area (Å²) < 4.78 is 28.5. The number of hydrogen-bond donors (Lipinski definition) is 2. The van der Waals surface area contributed by atoms with Crippen molar-refractivity contribution in [3.63, 3.8) is 0 Å². The fourth-order valence-corrected chi connectivity index (χ4v) is 4.13. The molecule has 0 saturated heterocycles. The average molecular weight is 409 g/mol. The molecule has 1 unspecified atom stereocenters. The number of imide groups is 1. The Morgan fingerprint density at radius 3 is 2.46 bits per heavy atom. The van der Waals surface area contributed by atoms with Crippen LogP contribution in [0.25, 0.3) is 0 Å². The minimum Gasteiger partial charge on any atom is -0.288 e. The van der Waals surface area contributed by atoms with Gasteiger partial charge < -0.3 is 0 Å². The van der Waals surface area contributed by atoms with Crippen molar-refractivity contribution in [3.05, 3.63) is 63.6 Å². The monoisotopic (exact) mass is 408 g/mol. The average Bonchev–Trinajstić information content (AvgIpc) is 2.81. The molecule has 0 bridgehead atoms. The van der Waals surface area contributed by atoms with E-state index in [1.807, 2.05) is 24.3 Å². The highest BCUT2D eigenvalue weighted by Crippen LogP contribution is 2.23. The molecule has 2 aromatic rings. The van der Waals surface area contributed by atoms with E-state index in [0.717, 1.165) is 10.0 Å². The largest absolute Gasteiger partial charge is 0.288 e. The molecular formula is C16H13BrN2O4S. The molecule has 0 radical (unpaired) electrons. The molecule has 0 fully saturated rings. The topological polar surface area (TPSA) is 92.3 Å². The summed E-state index contributed by atoms with van der Waals surface area (Å²) in [4.78, 5) is 23.2. The van der Waals surface area contributed by atoms with Crippen molar-refractivity contribution in [1.82, 2.24) is 10.0 Å². The Kier molecular flexibility index (Phi) is 4.29. The van der Waals surface area contributed by atoms with Gasteiger partial charge in [0.1, 0.15) is 0 Å². The number of benzene rings is 2. The Morgan fingerprint density at radius 1 is 1.04 bits per heavy atom. The standard InChI is InChI=1S/C16H13BrN2O4S/c1-9(10-3-2-4-11(17)7-10)19-24(22,23)12-5-6-13-14(8-12)16(21)18-15(13)20/h2-9,19H,1H3,(H,18,20,21). The van der Waals surface area contributed by atoms with Gasteiger partial charge in [0.25, 0.3) is 11.8 Å². The minimum atomic E-state index is -3.84. The van der Waals surface area contributed by atoms with Crippen molar-refractivity contribution in [3.8, 4) is 0 Å². The fourth-order valence-electron chi connectivity index (χ4n) is 2.46. The van der Waals surface area contributed by atoms with Crippen LogP contribution in [-0.4, -0.2) is 20.2 Å². The first-order valence-electron chi connectivity index (χ1n) is 7.05. The molecule has 2 N–H and O–H groups in total. The lowest BCUT2D eigenvalue weighted by atomic mass is 10.1. The van der Waals surface area contributed by atoms with Crippen molar-refractivity contribution in [2.75, 3.05) is 0 Å². The van der Waals surface area contributed by atoms with Gasteiger partial charge in [-0.3, -0.25) is 14.9 Å². The molecule has 24 heavy (non-hydrogen) atoms. The molecule has 1 atom stereocenters. The summed E-state index contributed by atoms with van der Waals surface area (Å²) in [5.74, 6) is -1.11. The van der Waals surface area contributed by atoms with Gasteiger partial charge in [-0.2, -0.15) is 0 Å². The van der Waals surface area contributed by atoms with Crippen LogP contribution in [0.3, 0.4) is 0 Å². The van der Waals surface area contributed by atoms with E-state index in [0.29, 0.717) is 0 Å². The van der Waals surface area contributed by atoms with Gasteiger partial charge in [-0.05, 0) is 42.8 Å². The molecule has 2 amide bonds. The minimum absolute atomic E-state index is 0.0621. The third-order valence-electron chi connectivity index (χ3n) is 3.70. The molecule has 0 aliphatic carbocycles. The van der Waals surface area contributed by atoms with Crippen LogP contribution in [-0.2, 0) is 10.0 Å². The Balaban J connectivity index is 1.90. The molecule has 2 aromatic carbocycles. The van der Waals surface area contributed by atoms with E-state index in [4.69, 9.17) is 0 Å². The summed E-state index contributed by atoms with van der Waals surface area (Å²) in [5.41, 5.74) is 1.04. The number of amides is 2. The van der Waals surface area contributed by atoms with Crippen LogP contribution in [0.5, 0.6) is 0 Å². The number of sulfonamides is 1. The molecule has 1 heterocycles. The van der Waals surface area contributed by atoms with E-state index >= 15 is 0 Å². The summed E-state index contributed by atoms with van der Waals surface area (Å²) in [7, 11) is -3.84. The highest BCUT2D eigenvalue weighted by atomic mass is 79.9. The second-order valence-electron chi connectivity index (χ2n) is 5.39. The predicted octanol–water partition coefficient (Wildman–Crippen LogP) is 2.37. The first-order chi connectivity index (χ1) is 11.3. The highest BCUT2D eigenvalue weighted by Gasteiger charge is 2.29. The van der Waals surface area contributed by atoms with Crippen molar-refractivity contribution in [1.29, 1.82) is 0 Å². The number of rotatable bonds is 4. The summed E-state index contributed by atoms with van der Waals surface area (Å²) in [6.45, 7) is 1.73. The summed E-state index contributed by atoms with van der Waals surface area (Å²) in [6, 6.07) is 10.7. The second kappa shape index (κ2) is 6.12. The van der Waals surface area contributed by atoms with Gasteiger partial charge in [-0.1, -0.05) is 28.1 Å². The number of carbonyl (C=O) groups is 2. The van der Waals surface area contributed by atoms with E-state index in [9.17, 15) is 18.0 Å². The second-order valence-corrected chi connectivity index (χ2v) is 8.02. The van der Waals surface area contributed by atoms with Crippen LogP contribution >= 0.6 is 15.9 Å². The van der Waals surface area contributed by atoms with E-state index in [1.54, 1.807) is 6.92 Å². The zero-order chi connectivity index (χ0) is 17.5. The molecule has 8 heteroatoms. The van der Waals surface area contributed by atoms with Crippen molar-refractivity contribution in [2.24, 2.45) is 0 Å². The van der Waals surface area contributed by atoms with Gasteiger partial charge >= 0.3 is 0 Å². The van der Waals surface area contributed by atoms with Crippen molar-refractivity contribution >= 4 is 37.8 Å². The zero-order valence-corrected chi connectivity index (χ0v) is 14.9. The first kappa shape index (κ1) is 16.8. The van der Waals surface area contributed by atoms with Crippen LogP contribution in [0.2, 0.25) is 0 Å². The van der Waals surface area contributed by atoms with E-state index in [2.05, 4.69) is 26.0 Å². The number of hydrogen-bond acceptors (Lipinski definition) is 4. The third-order valence-corrected chi connectivity index (χ3v) is 5.73. The summed E-state index contributed by atoms with van der Waals surface area (Å²) >= 11 is 3.35. The Morgan fingerprint density at radius 2 is 1.75 bits per heavy atom. The molecule has 0 spiro atoms. The molecule has 1 aliphatic rings. The summed E-state index contributed by atoms with van der Waals surface area (Å²) in [6.07, 6.45) is 0. The van der Waals surface area contributed by atoms with Crippen molar-refractivity contribution in [2.45, 2.75) is 17.9 Å². The number of carbonyl (C=O) groups excluding carboxylic acids is 2. The van der Waals surface area contributed by atoms with Crippen LogP contribution in [0.1, 0.15) is 39.2 Å². The number of fused-ring (bicyclic) bond motifs is 1. The maximum Gasteiger partial charge on any atom is 0.258 e. The van der Waals surface area contributed by atoms with E-state index in [1.165, 1.54) is 18.2 Å². The van der Waals surface area contributed by atoms with Crippen LogP contribution in [0.15, 0.2) is 51.8 Å². The van der Waals surface area contributed by atoms with Crippen LogP contribution in [0.4, 0.5) is 0 Å². The Bertz CT molecular complexity index is 956. The molecule has 124 valence electrons. The quantitative estimate of drug-likeness (QED) is 0.759. The maximum atomic E-state index is 12.5. The van der Waals surface area contributed by atoms with Gasteiger partial charge in [-0.15, -0.1) is 0 Å². The molecule has 1 aliphatic heterocycles. The van der Waals surface area contributed by atoms with E-state index < -0.39 is 27.9 Å². The van der Waals surface area contributed by atoms with Gasteiger partial charge in [0.15, 0.2) is 0 Å². The SMILES string of the molecule is CC(NS(=O)(=O)c1ccc2c(c1)C(=O)NC2=O)c1cccc(Br)c1. The lowest BCUT2D eigenvalue weighted by Gasteiger charge is -2.15. The lowest BCUT2D eigenvalue weighted by Crippen LogP contribution is -2.27. The smallest absolute Gasteiger partial charge is 0.258 e. The Labute approximate surface area is 147 Å².